The van der Waals surface area contributed by atoms with E-state index in [2.05, 4.69) is 35.1 Å². The van der Waals surface area contributed by atoms with Crippen LogP contribution >= 0.6 is 15.9 Å². The van der Waals surface area contributed by atoms with Gasteiger partial charge in [-0.15, -0.1) is 0 Å². The molecule has 0 aliphatic heterocycles. The number of hydrogen-bond donors (Lipinski definition) is 1. The van der Waals surface area contributed by atoms with Gasteiger partial charge in [-0.3, -0.25) is 0 Å². The quantitative estimate of drug-likeness (QED) is 0.854. The molecule has 2 atom stereocenters. The van der Waals surface area contributed by atoms with Gasteiger partial charge in [0.25, 0.3) is 0 Å². The van der Waals surface area contributed by atoms with Gasteiger partial charge in [0.2, 0.25) is 0 Å². The Hall–Kier alpha value is -0.410. The second-order valence-electron chi connectivity index (χ2n) is 5.93. The third-order valence-corrected chi connectivity index (χ3v) is 4.96. The van der Waals surface area contributed by atoms with Crippen molar-refractivity contribution in [2.45, 2.75) is 39.2 Å². The number of halogens is 2. The summed E-state index contributed by atoms with van der Waals surface area (Å²) in [7, 11) is 2.00. The first-order valence-electron chi connectivity index (χ1n) is 6.58. The molecule has 1 N–H and O–H groups in total. The highest BCUT2D eigenvalue weighted by molar-refractivity contribution is 9.10. The van der Waals surface area contributed by atoms with Gasteiger partial charge in [0.1, 0.15) is 5.82 Å². The molecule has 100 valence electrons. The van der Waals surface area contributed by atoms with E-state index >= 15 is 0 Å². The molecule has 0 saturated heterocycles. The second kappa shape index (κ2) is 5.30. The molecule has 0 radical (unpaired) electrons. The maximum Gasteiger partial charge on any atom is 0.137 e. The Morgan fingerprint density at radius 2 is 2.17 bits per heavy atom. The molecule has 18 heavy (non-hydrogen) atoms. The van der Waals surface area contributed by atoms with Crippen LogP contribution in [-0.4, -0.2) is 7.05 Å². The summed E-state index contributed by atoms with van der Waals surface area (Å²) >= 11 is 3.28. The highest BCUT2D eigenvalue weighted by atomic mass is 79.9. The van der Waals surface area contributed by atoms with Crippen LogP contribution in [0.1, 0.15) is 44.7 Å². The predicted octanol–water partition coefficient (Wildman–Crippen LogP) is 4.68. The van der Waals surface area contributed by atoms with Crippen molar-refractivity contribution in [1.82, 2.24) is 5.32 Å². The molecule has 0 heterocycles. The van der Waals surface area contributed by atoms with Crippen LogP contribution in [0.15, 0.2) is 22.7 Å². The molecule has 1 aliphatic rings. The van der Waals surface area contributed by atoms with E-state index < -0.39 is 0 Å². The van der Waals surface area contributed by atoms with Crippen molar-refractivity contribution in [3.8, 4) is 0 Å². The van der Waals surface area contributed by atoms with E-state index in [1.165, 1.54) is 24.8 Å². The summed E-state index contributed by atoms with van der Waals surface area (Å²) in [4.78, 5) is 0. The normalized spacial score (nSPS) is 24.2. The maximum absolute atomic E-state index is 13.3. The smallest absolute Gasteiger partial charge is 0.137 e. The zero-order valence-electron chi connectivity index (χ0n) is 11.3. The minimum absolute atomic E-state index is 0.195. The maximum atomic E-state index is 13.3. The van der Waals surface area contributed by atoms with Crippen molar-refractivity contribution < 1.29 is 4.39 Å². The van der Waals surface area contributed by atoms with Crippen LogP contribution in [0.5, 0.6) is 0 Å². The summed E-state index contributed by atoms with van der Waals surface area (Å²) in [5, 5.41) is 3.42. The molecule has 3 heteroatoms. The summed E-state index contributed by atoms with van der Waals surface area (Å²) in [6.07, 6.45) is 3.81. The lowest BCUT2D eigenvalue weighted by Gasteiger charge is -2.34. The minimum atomic E-state index is -0.195. The van der Waals surface area contributed by atoms with Crippen molar-refractivity contribution in [1.29, 1.82) is 0 Å². The van der Waals surface area contributed by atoms with Crippen LogP contribution in [0.3, 0.4) is 0 Å². The van der Waals surface area contributed by atoms with Gasteiger partial charge in [0.05, 0.1) is 4.47 Å². The van der Waals surface area contributed by atoms with Crippen LogP contribution < -0.4 is 5.32 Å². The zero-order valence-corrected chi connectivity index (χ0v) is 12.8. The average molecular weight is 314 g/mol. The number of benzene rings is 1. The zero-order chi connectivity index (χ0) is 13.3. The molecule has 0 amide bonds. The fraction of sp³-hybridized carbons (Fsp3) is 0.600. The fourth-order valence-electron chi connectivity index (χ4n) is 3.28. The summed E-state index contributed by atoms with van der Waals surface area (Å²) in [5.41, 5.74) is 1.53. The van der Waals surface area contributed by atoms with Gasteiger partial charge in [0, 0.05) is 6.04 Å². The lowest BCUT2D eigenvalue weighted by atomic mass is 9.75. The van der Waals surface area contributed by atoms with E-state index in [1.54, 1.807) is 6.07 Å². The van der Waals surface area contributed by atoms with Gasteiger partial charge in [-0.05, 0) is 64.8 Å². The Kier molecular flexibility index (Phi) is 4.12. The van der Waals surface area contributed by atoms with Crippen molar-refractivity contribution in [3.05, 3.63) is 34.1 Å². The van der Waals surface area contributed by atoms with Gasteiger partial charge >= 0.3 is 0 Å². The lowest BCUT2D eigenvalue weighted by molar-refractivity contribution is 0.203. The third kappa shape index (κ3) is 2.62. The average Bonchev–Trinajstić information content (AvgIpc) is 2.65. The standard InChI is InChI=1S/C15H21BrFN/c1-15(2)8-4-5-11(15)14(18-3)10-6-7-13(17)12(16)9-10/h6-7,9,11,14,18H,4-5,8H2,1-3H3. The van der Waals surface area contributed by atoms with Crippen LogP contribution in [0.25, 0.3) is 0 Å². The molecule has 0 aromatic heterocycles. The molecule has 1 nitrogen and oxygen atoms in total. The fourth-order valence-corrected chi connectivity index (χ4v) is 3.67. The highest BCUT2D eigenvalue weighted by Gasteiger charge is 2.39. The van der Waals surface area contributed by atoms with Crippen LogP contribution in [0, 0.1) is 17.2 Å². The number of rotatable bonds is 3. The summed E-state index contributed by atoms with van der Waals surface area (Å²) in [6, 6.07) is 5.66. The minimum Gasteiger partial charge on any atom is -0.313 e. The Morgan fingerprint density at radius 3 is 2.67 bits per heavy atom. The van der Waals surface area contributed by atoms with Gasteiger partial charge < -0.3 is 5.32 Å². The first-order chi connectivity index (χ1) is 8.45. The molecule has 1 aromatic carbocycles. The van der Waals surface area contributed by atoms with E-state index in [9.17, 15) is 4.39 Å². The van der Waals surface area contributed by atoms with Gasteiger partial charge in [-0.2, -0.15) is 0 Å². The number of nitrogens with one attached hydrogen (secondary N) is 1. The van der Waals surface area contributed by atoms with Crippen LogP contribution in [0.2, 0.25) is 0 Å². The van der Waals surface area contributed by atoms with Gasteiger partial charge in [0.15, 0.2) is 0 Å². The molecule has 1 saturated carbocycles. The van der Waals surface area contributed by atoms with Crippen molar-refractivity contribution in [2.24, 2.45) is 11.3 Å². The first-order valence-corrected chi connectivity index (χ1v) is 7.37. The van der Waals surface area contributed by atoms with Crippen LogP contribution in [-0.2, 0) is 0 Å². The van der Waals surface area contributed by atoms with Gasteiger partial charge in [-0.25, -0.2) is 4.39 Å². The SMILES string of the molecule is CNC(c1ccc(F)c(Br)c1)C1CCCC1(C)C. The van der Waals surface area contributed by atoms with E-state index in [0.29, 0.717) is 21.8 Å². The Morgan fingerprint density at radius 1 is 1.44 bits per heavy atom. The van der Waals surface area contributed by atoms with E-state index in [-0.39, 0.29) is 5.82 Å². The molecule has 2 rings (SSSR count). The van der Waals surface area contributed by atoms with Gasteiger partial charge in [-0.1, -0.05) is 26.3 Å². The van der Waals surface area contributed by atoms with Crippen molar-refractivity contribution in [2.75, 3.05) is 7.05 Å². The largest absolute Gasteiger partial charge is 0.313 e. The topological polar surface area (TPSA) is 12.0 Å². The lowest BCUT2D eigenvalue weighted by Crippen LogP contribution is -2.32. The predicted molar refractivity (Wildman–Crippen MR) is 77.0 cm³/mol. The first kappa shape index (κ1) is 14.0. The molecule has 1 aliphatic carbocycles. The molecule has 1 aromatic rings. The summed E-state index contributed by atoms with van der Waals surface area (Å²) in [5.74, 6) is 0.416. The molecule has 0 bridgehead atoms. The van der Waals surface area contributed by atoms with Crippen LogP contribution in [0.4, 0.5) is 4.39 Å². The molecular weight excluding hydrogens is 293 g/mol. The molecule has 2 unspecified atom stereocenters. The van der Waals surface area contributed by atoms with Crippen molar-refractivity contribution >= 4 is 15.9 Å². The van der Waals surface area contributed by atoms with Crippen molar-refractivity contribution in [3.63, 3.8) is 0 Å². The number of hydrogen-bond acceptors (Lipinski definition) is 1. The Balaban J connectivity index is 2.30. The van der Waals surface area contributed by atoms with E-state index in [4.69, 9.17) is 0 Å². The van der Waals surface area contributed by atoms with E-state index in [0.717, 1.165) is 0 Å². The highest BCUT2D eigenvalue weighted by Crippen LogP contribution is 2.48. The molecule has 0 spiro atoms. The second-order valence-corrected chi connectivity index (χ2v) is 6.78. The Bertz CT molecular complexity index is 431. The molecule has 1 fully saturated rings. The third-order valence-electron chi connectivity index (χ3n) is 4.36. The Labute approximate surface area is 117 Å². The van der Waals surface area contributed by atoms with E-state index in [1.807, 2.05) is 19.2 Å². The molecular formula is C15H21BrFN. The summed E-state index contributed by atoms with van der Waals surface area (Å²) in [6.45, 7) is 4.68. The monoisotopic (exact) mass is 313 g/mol. The summed E-state index contributed by atoms with van der Waals surface area (Å²) < 4.78 is 13.9.